The first kappa shape index (κ1) is 26.3. The van der Waals surface area contributed by atoms with Crippen molar-refractivity contribution in [3.63, 3.8) is 0 Å². The minimum Gasteiger partial charge on any atom is -0.477 e. The smallest absolute Gasteiger partial charge is 0.352 e. The van der Waals surface area contributed by atoms with Crippen LogP contribution in [0.2, 0.25) is 0 Å². The van der Waals surface area contributed by atoms with Gasteiger partial charge in [-0.1, -0.05) is 71.6 Å². The maximum Gasteiger partial charge on any atom is 0.352 e. The molecule has 40 heavy (non-hydrogen) atoms. The van der Waals surface area contributed by atoms with Gasteiger partial charge in [-0.25, -0.2) is 9.48 Å². The van der Waals surface area contributed by atoms with Crippen molar-refractivity contribution in [1.29, 1.82) is 0 Å². The highest BCUT2D eigenvalue weighted by Crippen LogP contribution is 2.42. The molecule has 10 nitrogen and oxygen atoms in total. The van der Waals surface area contributed by atoms with Gasteiger partial charge in [0.2, 0.25) is 0 Å². The third-order valence-electron chi connectivity index (χ3n) is 6.44. The van der Waals surface area contributed by atoms with Gasteiger partial charge in [-0.05, 0) is 24.6 Å². The molecule has 202 valence electrons. The predicted molar refractivity (Wildman–Crippen MR) is 153 cm³/mol. The minimum absolute atomic E-state index is 0.0187. The number of hydrogen-bond donors (Lipinski definition) is 2. The summed E-state index contributed by atoms with van der Waals surface area (Å²) in [4.78, 5) is 40.3. The second kappa shape index (κ2) is 10.9. The molecule has 0 unspecified atom stereocenters. The summed E-state index contributed by atoms with van der Waals surface area (Å²) in [6.45, 7) is 1.85. The molecule has 4 heterocycles. The first-order chi connectivity index (χ1) is 19.4. The predicted octanol–water partition coefficient (Wildman–Crippen LogP) is 3.84. The second-order valence-corrected chi connectivity index (χ2v) is 12.5. The molecule has 0 saturated carbocycles. The number of carbonyl (C=O) groups excluding carboxylic acids is 2. The number of para-hydroxylation sites is 1. The van der Waals surface area contributed by atoms with Crippen LogP contribution in [-0.2, 0) is 9.59 Å². The van der Waals surface area contributed by atoms with Crippen molar-refractivity contribution < 1.29 is 19.5 Å². The van der Waals surface area contributed by atoms with E-state index in [9.17, 15) is 19.5 Å². The molecule has 1 fully saturated rings. The van der Waals surface area contributed by atoms with Gasteiger partial charge >= 0.3 is 5.97 Å². The van der Waals surface area contributed by atoms with Crippen molar-refractivity contribution in [2.24, 2.45) is 0 Å². The fourth-order valence-electron chi connectivity index (χ4n) is 4.56. The van der Waals surface area contributed by atoms with Gasteiger partial charge in [-0.3, -0.25) is 14.5 Å². The van der Waals surface area contributed by atoms with Crippen LogP contribution in [0.4, 0.5) is 0 Å². The van der Waals surface area contributed by atoms with E-state index in [2.05, 4.69) is 20.6 Å². The van der Waals surface area contributed by atoms with Crippen LogP contribution in [0.15, 0.2) is 82.5 Å². The molecule has 2 amide bonds. The van der Waals surface area contributed by atoms with Crippen molar-refractivity contribution in [2.45, 2.75) is 22.7 Å². The van der Waals surface area contributed by atoms with Gasteiger partial charge in [0.15, 0.2) is 4.34 Å². The highest BCUT2D eigenvalue weighted by Gasteiger charge is 2.54. The topological polar surface area (TPSA) is 130 Å². The number of benzene rings is 2. The average Bonchev–Trinajstić information content (AvgIpc) is 3.61. The standard InChI is InChI=1S/C27H22N6O4S3/c1-15-29-30-27(40-15)39-14-17-13-38-25-21(24(35)33(25)22(17)26(36)37)28-23(34)19-12-32(18-10-6-3-7-11-18)31-20(19)16-8-4-2-5-9-16/h2-12,21,25H,13-14H2,1H3,(H,28,34)(H,36,37)/t21-,25+/m0/s1. The Balaban J connectivity index is 1.23. The third-order valence-corrected chi connectivity index (χ3v) is 9.84. The number of aromatic nitrogens is 4. The van der Waals surface area contributed by atoms with Gasteiger partial charge < -0.3 is 10.4 Å². The van der Waals surface area contributed by atoms with Crippen LogP contribution in [0.5, 0.6) is 0 Å². The summed E-state index contributed by atoms with van der Waals surface area (Å²) in [7, 11) is 0. The molecule has 2 aliphatic rings. The maximum atomic E-state index is 13.6. The van der Waals surface area contributed by atoms with Gasteiger partial charge in [0.1, 0.15) is 27.8 Å². The van der Waals surface area contributed by atoms with Gasteiger partial charge in [-0.2, -0.15) is 5.10 Å². The Bertz CT molecular complexity index is 1640. The first-order valence-corrected chi connectivity index (χ1v) is 15.1. The van der Waals surface area contributed by atoms with E-state index in [4.69, 9.17) is 0 Å². The van der Waals surface area contributed by atoms with Crippen molar-refractivity contribution >= 4 is 52.6 Å². The number of amides is 2. The Hall–Kier alpha value is -3.94. The molecule has 6 rings (SSSR count). The number of hydrogen-bond acceptors (Lipinski definition) is 9. The molecule has 0 radical (unpaired) electrons. The van der Waals surface area contributed by atoms with E-state index in [1.807, 2.05) is 67.6 Å². The summed E-state index contributed by atoms with van der Waals surface area (Å²) >= 11 is 4.27. The Kier molecular flexibility index (Phi) is 7.17. The summed E-state index contributed by atoms with van der Waals surface area (Å²) < 4.78 is 2.38. The van der Waals surface area contributed by atoms with Gasteiger partial charge in [0.05, 0.1) is 11.3 Å². The van der Waals surface area contributed by atoms with E-state index in [0.29, 0.717) is 28.3 Å². The Labute approximate surface area is 241 Å². The van der Waals surface area contributed by atoms with Crippen molar-refractivity contribution in [3.8, 4) is 16.9 Å². The molecule has 4 aromatic rings. The molecule has 2 atom stereocenters. The van der Waals surface area contributed by atoms with Gasteiger partial charge in [-0.15, -0.1) is 22.0 Å². The molecular weight excluding hydrogens is 569 g/mol. The van der Waals surface area contributed by atoms with Crippen molar-refractivity contribution in [3.05, 3.63) is 88.7 Å². The second-order valence-electron chi connectivity index (χ2n) is 9.03. The number of carboxylic acid groups (broad SMARTS) is 1. The minimum atomic E-state index is -1.16. The monoisotopic (exact) mass is 590 g/mol. The number of rotatable bonds is 8. The normalized spacial score (nSPS) is 18.3. The third kappa shape index (κ3) is 4.91. The summed E-state index contributed by atoms with van der Waals surface area (Å²) in [6, 6.07) is 17.9. The summed E-state index contributed by atoms with van der Waals surface area (Å²) in [6.07, 6.45) is 1.65. The zero-order valence-corrected chi connectivity index (χ0v) is 23.5. The van der Waals surface area contributed by atoms with E-state index >= 15 is 0 Å². The van der Waals surface area contributed by atoms with E-state index in [1.165, 1.54) is 39.8 Å². The van der Waals surface area contributed by atoms with E-state index in [-0.39, 0.29) is 5.70 Å². The Morgan fingerprint density at radius 3 is 2.50 bits per heavy atom. The lowest BCUT2D eigenvalue weighted by atomic mass is 10.0. The number of carbonyl (C=O) groups is 3. The van der Waals surface area contributed by atoms with Crippen LogP contribution < -0.4 is 5.32 Å². The molecule has 2 aromatic carbocycles. The first-order valence-electron chi connectivity index (χ1n) is 12.2. The molecule has 0 bridgehead atoms. The molecular formula is C27H22N6O4S3. The molecule has 2 aliphatic heterocycles. The van der Waals surface area contributed by atoms with Crippen molar-refractivity contribution in [2.75, 3.05) is 11.5 Å². The van der Waals surface area contributed by atoms with E-state index in [0.717, 1.165) is 20.6 Å². The van der Waals surface area contributed by atoms with Crippen LogP contribution in [0.25, 0.3) is 16.9 Å². The number of thioether (sulfide) groups is 2. The number of carboxylic acids is 1. The number of fused-ring (bicyclic) bond motifs is 1. The zero-order valence-electron chi connectivity index (χ0n) is 21.1. The summed E-state index contributed by atoms with van der Waals surface area (Å²) in [5.41, 5.74) is 2.98. The largest absolute Gasteiger partial charge is 0.477 e. The fourth-order valence-corrected chi connectivity index (χ4v) is 7.86. The molecule has 2 aromatic heterocycles. The molecule has 1 saturated heterocycles. The zero-order chi connectivity index (χ0) is 27.8. The van der Waals surface area contributed by atoms with Crippen molar-refractivity contribution in [1.82, 2.24) is 30.2 Å². The fraction of sp³-hybridized carbons (Fsp3) is 0.185. The van der Waals surface area contributed by atoms with Crippen LogP contribution in [0.1, 0.15) is 15.4 Å². The summed E-state index contributed by atoms with van der Waals surface area (Å²) in [5, 5.41) is 25.9. The lowest BCUT2D eigenvalue weighted by Gasteiger charge is -2.49. The Morgan fingerprint density at radius 1 is 1.10 bits per heavy atom. The number of aliphatic carboxylic acids is 1. The molecule has 13 heteroatoms. The van der Waals surface area contributed by atoms with E-state index in [1.54, 1.807) is 10.9 Å². The van der Waals surface area contributed by atoms with E-state index < -0.39 is 29.2 Å². The molecule has 0 spiro atoms. The molecule has 0 aliphatic carbocycles. The lowest BCUT2D eigenvalue weighted by molar-refractivity contribution is -0.148. The number of nitrogens with zero attached hydrogens (tertiary/aromatic N) is 5. The van der Waals surface area contributed by atoms with Crippen LogP contribution in [0.3, 0.4) is 0 Å². The highest BCUT2D eigenvalue weighted by molar-refractivity contribution is 8.01. The van der Waals surface area contributed by atoms with Gasteiger partial charge in [0, 0.05) is 23.3 Å². The number of aryl methyl sites for hydroxylation is 1. The number of nitrogens with one attached hydrogen (secondary N) is 1. The van der Waals surface area contributed by atoms with Crippen LogP contribution in [0, 0.1) is 6.92 Å². The number of β-lactam (4-membered cyclic amide) rings is 1. The van der Waals surface area contributed by atoms with Crippen LogP contribution in [-0.4, -0.2) is 70.7 Å². The van der Waals surface area contributed by atoms with Gasteiger partial charge in [0.25, 0.3) is 11.8 Å². The SMILES string of the molecule is Cc1nnc(SCC2=C(C(=O)O)N3C(=O)[C@H](NC(=O)c4cn(-c5ccccc5)nc4-c4ccccc4)[C@H]3SC2)s1. The van der Waals surface area contributed by atoms with Crippen LogP contribution >= 0.6 is 34.9 Å². The molecule has 2 N–H and O–H groups in total. The maximum absolute atomic E-state index is 13.6. The Morgan fingerprint density at radius 2 is 1.82 bits per heavy atom. The highest BCUT2D eigenvalue weighted by atomic mass is 32.2. The quantitative estimate of drug-likeness (QED) is 0.232. The average molecular weight is 591 g/mol. The lowest BCUT2D eigenvalue weighted by Crippen LogP contribution is -2.70. The summed E-state index contributed by atoms with van der Waals surface area (Å²) in [5.74, 6) is -1.25.